The lowest BCUT2D eigenvalue weighted by Crippen LogP contribution is -2.41. The maximum atomic E-state index is 13.2. The number of ether oxygens (including phenoxy) is 2. The summed E-state index contributed by atoms with van der Waals surface area (Å²) in [6.45, 7) is 8.22. The molecule has 2 saturated heterocycles. The van der Waals surface area contributed by atoms with Crippen LogP contribution >= 0.6 is 0 Å². The molecule has 0 radical (unpaired) electrons. The second-order valence-corrected chi connectivity index (χ2v) is 9.19. The van der Waals surface area contributed by atoms with Crippen LogP contribution in [0.25, 0.3) is 0 Å². The predicted octanol–water partition coefficient (Wildman–Crippen LogP) is 4.79. The molecule has 2 aliphatic rings. The lowest BCUT2D eigenvalue weighted by atomic mass is 9.95. The van der Waals surface area contributed by atoms with Crippen LogP contribution < -0.4 is 9.47 Å². The molecular weight excluding hydrogens is 414 g/mol. The molecule has 2 aromatic rings. The summed E-state index contributed by atoms with van der Waals surface area (Å²) < 4.78 is 11.8. The standard InChI is InChI=1S/C27H37N3O3/c1-2-32-26-18-24(9-10-25(26)33-21-23-8-7-13-28-19-23)27(31)30-16-11-22(12-17-30)20-29-14-5-3-4-6-15-29/h7-10,13,18-19,22H,2-6,11-12,14-17,20-21H2,1H3. The summed E-state index contributed by atoms with van der Waals surface area (Å²) in [7, 11) is 0. The van der Waals surface area contributed by atoms with Crippen LogP contribution in [0.2, 0.25) is 0 Å². The first-order valence-electron chi connectivity index (χ1n) is 12.5. The van der Waals surface area contributed by atoms with Crippen molar-refractivity contribution in [3.8, 4) is 11.5 Å². The van der Waals surface area contributed by atoms with Crippen LogP contribution in [0.4, 0.5) is 0 Å². The molecule has 6 nitrogen and oxygen atoms in total. The third-order valence-electron chi connectivity index (χ3n) is 6.72. The Labute approximate surface area is 197 Å². The van der Waals surface area contributed by atoms with E-state index in [0.717, 1.165) is 31.5 Å². The number of benzene rings is 1. The average molecular weight is 452 g/mol. The Morgan fingerprint density at radius 3 is 2.48 bits per heavy atom. The quantitative estimate of drug-likeness (QED) is 0.578. The Morgan fingerprint density at radius 2 is 1.79 bits per heavy atom. The minimum Gasteiger partial charge on any atom is -0.490 e. The Morgan fingerprint density at radius 1 is 1.00 bits per heavy atom. The Bertz CT molecular complexity index is 873. The summed E-state index contributed by atoms with van der Waals surface area (Å²) in [6.07, 6.45) is 11.1. The first-order valence-corrected chi connectivity index (χ1v) is 12.5. The van der Waals surface area contributed by atoms with Gasteiger partial charge in [0.15, 0.2) is 11.5 Å². The fourth-order valence-electron chi connectivity index (χ4n) is 4.86. The topological polar surface area (TPSA) is 54.9 Å². The summed E-state index contributed by atoms with van der Waals surface area (Å²) in [4.78, 5) is 22.0. The lowest BCUT2D eigenvalue weighted by molar-refractivity contribution is 0.0667. The van der Waals surface area contributed by atoms with Crippen LogP contribution in [0, 0.1) is 5.92 Å². The van der Waals surface area contributed by atoms with Gasteiger partial charge in [-0.05, 0) is 75.9 Å². The molecule has 0 bridgehead atoms. The van der Waals surface area contributed by atoms with Gasteiger partial charge in [-0.15, -0.1) is 0 Å². The van der Waals surface area contributed by atoms with Gasteiger partial charge in [-0.2, -0.15) is 0 Å². The number of hydrogen-bond donors (Lipinski definition) is 0. The van der Waals surface area contributed by atoms with Gasteiger partial charge in [0.05, 0.1) is 6.61 Å². The largest absolute Gasteiger partial charge is 0.490 e. The van der Waals surface area contributed by atoms with Gasteiger partial charge in [-0.1, -0.05) is 18.9 Å². The number of aromatic nitrogens is 1. The van der Waals surface area contributed by atoms with E-state index in [1.807, 2.05) is 42.2 Å². The first-order chi connectivity index (χ1) is 16.2. The highest BCUT2D eigenvalue weighted by Crippen LogP contribution is 2.30. The second-order valence-electron chi connectivity index (χ2n) is 9.19. The fraction of sp³-hybridized carbons (Fsp3) is 0.556. The maximum Gasteiger partial charge on any atom is 0.253 e. The number of likely N-dealkylation sites (tertiary alicyclic amines) is 2. The van der Waals surface area contributed by atoms with Crippen molar-refractivity contribution in [1.29, 1.82) is 0 Å². The van der Waals surface area contributed by atoms with E-state index in [9.17, 15) is 4.79 Å². The van der Waals surface area contributed by atoms with E-state index in [0.29, 0.717) is 36.2 Å². The van der Waals surface area contributed by atoms with Crippen molar-refractivity contribution in [2.24, 2.45) is 5.92 Å². The Balaban J connectivity index is 1.33. The van der Waals surface area contributed by atoms with Crippen LogP contribution in [-0.2, 0) is 6.61 Å². The number of piperidine rings is 1. The molecule has 6 heteroatoms. The Hall–Kier alpha value is -2.60. The van der Waals surface area contributed by atoms with E-state index in [4.69, 9.17) is 9.47 Å². The van der Waals surface area contributed by atoms with E-state index in [1.54, 1.807) is 12.4 Å². The van der Waals surface area contributed by atoms with E-state index in [1.165, 1.54) is 45.3 Å². The molecule has 1 aromatic heterocycles. The summed E-state index contributed by atoms with van der Waals surface area (Å²) in [5.41, 5.74) is 1.65. The van der Waals surface area contributed by atoms with E-state index < -0.39 is 0 Å². The molecule has 0 saturated carbocycles. The molecule has 0 N–H and O–H groups in total. The lowest BCUT2D eigenvalue weighted by Gasteiger charge is -2.34. The molecule has 2 fully saturated rings. The molecule has 1 amide bonds. The number of amides is 1. The number of hydrogen-bond acceptors (Lipinski definition) is 5. The van der Waals surface area contributed by atoms with Gasteiger partial charge in [0.2, 0.25) is 0 Å². The molecular formula is C27H37N3O3. The zero-order chi connectivity index (χ0) is 22.9. The van der Waals surface area contributed by atoms with E-state index in [2.05, 4.69) is 9.88 Å². The molecule has 0 atom stereocenters. The van der Waals surface area contributed by atoms with Gasteiger partial charge in [-0.25, -0.2) is 0 Å². The molecule has 3 heterocycles. The number of carbonyl (C=O) groups is 1. The molecule has 2 aliphatic heterocycles. The van der Waals surface area contributed by atoms with Crippen LogP contribution in [0.5, 0.6) is 11.5 Å². The molecule has 33 heavy (non-hydrogen) atoms. The minimum absolute atomic E-state index is 0.0861. The van der Waals surface area contributed by atoms with Crippen molar-refractivity contribution in [3.05, 3.63) is 53.9 Å². The van der Waals surface area contributed by atoms with Gasteiger partial charge in [0, 0.05) is 43.2 Å². The van der Waals surface area contributed by atoms with Crippen LogP contribution in [0.15, 0.2) is 42.7 Å². The monoisotopic (exact) mass is 451 g/mol. The van der Waals surface area contributed by atoms with Gasteiger partial charge in [0.25, 0.3) is 5.91 Å². The van der Waals surface area contributed by atoms with Crippen LogP contribution in [-0.4, -0.2) is 60.0 Å². The number of rotatable bonds is 8. The van der Waals surface area contributed by atoms with Crippen molar-refractivity contribution < 1.29 is 14.3 Å². The maximum absolute atomic E-state index is 13.2. The summed E-state index contributed by atoms with van der Waals surface area (Å²) in [5, 5.41) is 0. The van der Waals surface area contributed by atoms with E-state index >= 15 is 0 Å². The van der Waals surface area contributed by atoms with Crippen LogP contribution in [0.1, 0.15) is 61.4 Å². The van der Waals surface area contributed by atoms with Crippen molar-refractivity contribution >= 4 is 5.91 Å². The molecule has 4 rings (SSSR count). The van der Waals surface area contributed by atoms with Crippen molar-refractivity contribution in [3.63, 3.8) is 0 Å². The summed E-state index contributed by atoms with van der Waals surface area (Å²) in [5.74, 6) is 2.05. The van der Waals surface area contributed by atoms with Gasteiger partial charge in [0.1, 0.15) is 6.61 Å². The Kier molecular flexibility index (Phi) is 8.59. The second kappa shape index (κ2) is 12.0. The molecule has 178 valence electrons. The summed E-state index contributed by atoms with van der Waals surface area (Å²) in [6, 6.07) is 9.39. The van der Waals surface area contributed by atoms with Crippen molar-refractivity contribution in [1.82, 2.24) is 14.8 Å². The number of carbonyl (C=O) groups excluding carboxylic acids is 1. The van der Waals surface area contributed by atoms with Crippen molar-refractivity contribution in [2.45, 2.75) is 52.1 Å². The molecule has 1 aromatic carbocycles. The van der Waals surface area contributed by atoms with E-state index in [-0.39, 0.29) is 5.91 Å². The predicted molar refractivity (Wildman–Crippen MR) is 130 cm³/mol. The highest BCUT2D eigenvalue weighted by Gasteiger charge is 2.26. The number of pyridine rings is 1. The highest BCUT2D eigenvalue weighted by molar-refractivity contribution is 5.95. The summed E-state index contributed by atoms with van der Waals surface area (Å²) >= 11 is 0. The average Bonchev–Trinajstić information content (AvgIpc) is 3.13. The fourth-order valence-corrected chi connectivity index (χ4v) is 4.86. The number of nitrogens with zero attached hydrogens (tertiary/aromatic N) is 3. The first kappa shape index (κ1) is 23.6. The zero-order valence-corrected chi connectivity index (χ0v) is 19.9. The third-order valence-corrected chi connectivity index (χ3v) is 6.72. The smallest absolute Gasteiger partial charge is 0.253 e. The molecule has 0 aliphatic carbocycles. The zero-order valence-electron chi connectivity index (χ0n) is 19.9. The van der Waals surface area contributed by atoms with Crippen LogP contribution in [0.3, 0.4) is 0 Å². The molecule has 0 spiro atoms. The highest BCUT2D eigenvalue weighted by atomic mass is 16.5. The van der Waals surface area contributed by atoms with Gasteiger partial charge in [-0.3, -0.25) is 9.78 Å². The van der Waals surface area contributed by atoms with Gasteiger partial charge >= 0.3 is 0 Å². The molecule has 0 unspecified atom stereocenters. The van der Waals surface area contributed by atoms with Crippen molar-refractivity contribution in [2.75, 3.05) is 39.3 Å². The van der Waals surface area contributed by atoms with Gasteiger partial charge < -0.3 is 19.3 Å². The third kappa shape index (κ3) is 6.70. The minimum atomic E-state index is 0.0861. The SMILES string of the molecule is CCOc1cc(C(=O)N2CCC(CN3CCCCCC3)CC2)ccc1OCc1cccnc1. The normalized spacial score (nSPS) is 18.0.